The lowest BCUT2D eigenvalue weighted by molar-refractivity contribution is 0.0717. The molecule has 4 rings (SSSR count). The van der Waals surface area contributed by atoms with Gasteiger partial charge in [0.1, 0.15) is 23.4 Å². The second-order valence-electron chi connectivity index (χ2n) is 8.97. The molecule has 0 bridgehead atoms. The Morgan fingerprint density at radius 1 is 1.12 bits per heavy atom. The summed E-state index contributed by atoms with van der Waals surface area (Å²) in [5.41, 5.74) is 1.91. The fourth-order valence-corrected chi connectivity index (χ4v) is 4.22. The van der Waals surface area contributed by atoms with Gasteiger partial charge in [-0.05, 0) is 75.9 Å². The van der Waals surface area contributed by atoms with E-state index in [0.717, 1.165) is 30.5 Å². The lowest BCUT2D eigenvalue weighted by Gasteiger charge is -2.26. The Hall–Kier alpha value is -3.50. The van der Waals surface area contributed by atoms with Gasteiger partial charge < -0.3 is 10.0 Å². The predicted molar refractivity (Wildman–Crippen MR) is 123 cm³/mol. The summed E-state index contributed by atoms with van der Waals surface area (Å²) in [5.74, 6) is -0.342. The van der Waals surface area contributed by atoms with Crippen molar-refractivity contribution >= 4 is 5.91 Å². The van der Waals surface area contributed by atoms with Gasteiger partial charge in [-0.3, -0.25) is 9.36 Å². The molecule has 3 aromatic rings. The normalized spacial score (nSPS) is 14.2. The number of hydrogen-bond acceptors (Lipinski definition) is 4. The smallest absolute Gasteiger partial charge is 0.274 e. The number of nitriles is 1. The second-order valence-corrected chi connectivity index (χ2v) is 8.97. The molecular formula is C26H27FN4O2. The lowest BCUT2D eigenvalue weighted by atomic mass is 9.98. The number of carbonyl (C=O) groups excluding carboxylic acids is 1. The molecule has 1 saturated heterocycles. The summed E-state index contributed by atoms with van der Waals surface area (Å²) in [4.78, 5) is 19.8. The van der Waals surface area contributed by atoms with Crippen molar-refractivity contribution in [2.75, 3.05) is 13.1 Å². The number of amides is 1. The molecule has 1 aliphatic heterocycles. The molecule has 0 atom stereocenters. The van der Waals surface area contributed by atoms with Crippen LogP contribution < -0.4 is 0 Å². The Balaban J connectivity index is 1.86. The predicted octanol–water partition coefficient (Wildman–Crippen LogP) is 4.71. The van der Waals surface area contributed by atoms with Gasteiger partial charge in [0.2, 0.25) is 0 Å². The molecule has 0 unspecified atom stereocenters. The van der Waals surface area contributed by atoms with Crippen molar-refractivity contribution in [2.24, 2.45) is 0 Å². The first kappa shape index (κ1) is 22.7. The third-order valence-electron chi connectivity index (χ3n) is 6.13. The minimum atomic E-state index is -0.989. The van der Waals surface area contributed by atoms with Crippen LogP contribution in [0.1, 0.15) is 60.4 Å². The van der Waals surface area contributed by atoms with Crippen LogP contribution in [0.4, 0.5) is 4.39 Å². The summed E-state index contributed by atoms with van der Waals surface area (Å²) in [6.45, 7) is 6.66. The third-order valence-corrected chi connectivity index (χ3v) is 6.13. The zero-order valence-electron chi connectivity index (χ0n) is 19.1. The van der Waals surface area contributed by atoms with E-state index in [1.54, 1.807) is 19.9 Å². The van der Waals surface area contributed by atoms with E-state index in [2.05, 4.69) is 4.98 Å². The van der Waals surface area contributed by atoms with Crippen molar-refractivity contribution in [3.05, 3.63) is 70.8 Å². The molecule has 1 aromatic heterocycles. The first-order valence-electron chi connectivity index (χ1n) is 11.1. The van der Waals surface area contributed by atoms with Gasteiger partial charge in [-0.15, -0.1) is 0 Å². The van der Waals surface area contributed by atoms with Crippen molar-refractivity contribution in [1.29, 1.82) is 5.26 Å². The van der Waals surface area contributed by atoms with Gasteiger partial charge >= 0.3 is 0 Å². The van der Waals surface area contributed by atoms with Crippen LogP contribution in [0.25, 0.3) is 17.1 Å². The summed E-state index contributed by atoms with van der Waals surface area (Å²) in [5, 5.41) is 19.4. The Morgan fingerprint density at radius 3 is 2.36 bits per heavy atom. The molecule has 2 heterocycles. The monoisotopic (exact) mass is 446 g/mol. The van der Waals surface area contributed by atoms with Crippen LogP contribution in [-0.4, -0.2) is 38.6 Å². The standard InChI is InChI=1S/C26H27FN4O2/c1-17-23(25(32)30-13-5-4-6-14-30)29-24(18-7-8-19(16-28)22(27)15-18)31(17)21-11-9-20(10-12-21)26(2,3)33/h7-12,15,33H,4-6,13-14H2,1-3H3. The summed E-state index contributed by atoms with van der Waals surface area (Å²) >= 11 is 0. The highest BCUT2D eigenvalue weighted by atomic mass is 19.1. The summed E-state index contributed by atoms with van der Waals surface area (Å²) in [6, 6.07) is 13.5. The van der Waals surface area contributed by atoms with Gasteiger partial charge in [0, 0.05) is 24.3 Å². The topological polar surface area (TPSA) is 82.2 Å². The summed E-state index contributed by atoms with van der Waals surface area (Å²) < 4.78 is 16.3. The summed E-state index contributed by atoms with van der Waals surface area (Å²) in [6.07, 6.45) is 3.05. The third kappa shape index (κ3) is 4.39. The van der Waals surface area contributed by atoms with E-state index in [0.29, 0.717) is 35.9 Å². The molecule has 170 valence electrons. The van der Waals surface area contributed by atoms with E-state index < -0.39 is 11.4 Å². The lowest BCUT2D eigenvalue weighted by Crippen LogP contribution is -2.36. The van der Waals surface area contributed by atoms with Crippen LogP contribution >= 0.6 is 0 Å². The Kier molecular flexibility index (Phi) is 6.05. The zero-order chi connectivity index (χ0) is 23.8. The van der Waals surface area contributed by atoms with E-state index in [9.17, 15) is 14.3 Å². The number of benzene rings is 2. The fraction of sp³-hybridized carbons (Fsp3) is 0.346. The highest BCUT2D eigenvalue weighted by Crippen LogP contribution is 2.30. The average Bonchev–Trinajstić information content (AvgIpc) is 3.15. The highest BCUT2D eigenvalue weighted by Gasteiger charge is 2.27. The molecule has 1 fully saturated rings. The Labute approximate surface area is 192 Å². The Morgan fingerprint density at radius 2 is 1.79 bits per heavy atom. The first-order valence-corrected chi connectivity index (χ1v) is 11.1. The van der Waals surface area contributed by atoms with E-state index >= 15 is 0 Å². The van der Waals surface area contributed by atoms with Crippen LogP contribution in [0.3, 0.4) is 0 Å². The van der Waals surface area contributed by atoms with Crippen molar-refractivity contribution in [3.63, 3.8) is 0 Å². The van der Waals surface area contributed by atoms with E-state index in [4.69, 9.17) is 5.26 Å². The Bertz CT molecular complexity index is 1230. The quantitative estimate of drug-likeness (QED) is 0.629. The number of imidazole rings is 1. The highest BCUT2D eigenvalue weighted by molar-refractivity contribution is 5.94. The number of aliphatic hydroxyl groups is 1. The van der Waals surface area contributed by atoms with Gasteiger partial charge in [-0.2, -0.15) is 5.26 Å². The van der Waals surface area contributed by atoms with Crippen LogP contribution in [0.15, 0.2) is 42.5 Å². The molecule has 0 spiro atoms. The van der Waals surface area contributed by atoms with E-state index in [1.807, 2.05) is 46.7 Å². The molecule has 1 N–H and O–H groups in total. The van der Waals surface area contributed by atoms with Gasteiger partial charge in [-0.1, -0.05) is 12.1 Å². The zero-order valence-corrected chi connectivity index (χ0v) is 19.1. The van der Waals surface area contributed by atoms with Crippen molar-refractivity contribution in [1.82, 2.24) is 14.5 Å². The molecule has 33 heavy (non-hydrogen) atoms. The number of piperidine rings is 1. The molecule has 0 radical (unpaired) electrons. The van der Waals surface area contributed by atoms with Crippen LogP contribution in [-0.2, 0) is 5.60 Å². The number of hydrogen-bond donors (Lipinski definition) is 1. The molecule has 2 aromatic carbocycles. The fourth-order valence-electron chi connectivity index (χ4n) is 4.22. The number of nitrogens with zero attached hydrogens (tertiary/aromatic N) is 4. The summed E-state index contributed by atoms with van der Waals surface area (Å²) in [7, 11) is 0. The first-order chi connectivity index (χ1) is 15.7. The molecule has 0 saturated carbocycles. The number of halogens is 1. The largest absolute Gasteiger partial charge is 0.386 e. The average molecular weight is 447 g/mol. The van der Waals surface area contributed by atoms with Crippen molar-refractivity contribution in [3.8, 4) is 23.1 Å². The van der Waals surface area contributed by atoms with E-state index in [1.165, 1.54) is 12.1 Å². The molecule has 0 aliphatic carbocycles. The maximum absolute atomic E-state index is 14.4. The number of rotatable bonds is 4. The van der Waals surface area contributed by atoms with Gasteiger partial charge in [-0.25, -0.2) is 9.37 Å². The van der Waals surface area contributed by atoms with Gasteiger partial charge in [0.15, 0.2) is 0 Å². The SMILES string of the molecule is Cc1c(C(=O)N2CCCCC2)nc(-c2ccc(C#N)c(F)c2)n1-c1ccc(C(C)(C)O)cc1. The van der Waals surface area contributed by atoms with Crippen LogP contribution in [0.5, 0.6) is 0 Å². The molecule has 1 amide bonds. The second kappa shape index (κ2) is 8.80. The van der Waals surface area contributed by atoms with Gasteiger partial charge in [0.05, 0.1) is 16.9 Å². The van der Waals surface area contributed by atoms with E-state index in [-0.39, 0.29) is 11.5 Å². The number of likely N-dealkylation sites (tertiary alicyclic amines) is 1. The number of carbonyl (C=O) groups is 1. The molecule has 1 aliphatic rings. The molecular weight excluding hydrogens is 419 g/mol. The maximum atomic E-state index is 14.4. The minimum absolute atomic E-state index is 0.0484. The maximum Gasteiger partial charge on any atom is 0.274 e. The molecule has 6 nitrogen and oxygen atoms in total. The number of aromatic nitrogens is 2. The van der Waals surface area contributed by atoms with Gasteiger partial charge in [0.25, 0.3) is 5.91 Å². The van der Waals surface area contributed by atoms with Crippen molar-refractivity contribution in [2.45, 2.75) is 45.6 Å². The molecule has 7 heteroatoms. The van der Waals surface area contributed by atoms with Crippen LogP contribution in [0.2, 0.25) is 0 Å². The van der Waals surface area contributed by atoms with Crippen LogP contribution in [0, 0.1) is 24.1 Å². The van der Waals surface area contributed by atoms with Crippen molar-refractivity contribution < 1.29 is 14.3 Å². The minimum Gasteiger partial charge on any atom is -0.386 e.